The number of hydrogen-bond donors (Lipinski definition) is 1. The quantitative estimate of drug-likeness (QED) is 0.599. The minimum atomic E-state index is 0.140. The van der Waals surface area contributed by atoms with E-state index in [-0.39, 0.29) is 11.8 Å². The number of piperidine rings is 2. The Morgan fingerprint density at radius 1 is 1.03 bits per heavy atom. The maximum atomic E-state index is 12.6. The van der Waals surface area contributed by atoms with Crippen LogP contribution in [0, 0.1) is 26.7 Å². The highest BCUT2D eigenvalue weighted by Crippen LogP contribution is 2.26. The molecule has 0 bridgehead atoms. The van der Waals surface area contributed by atoms with Gasteiger partial charge in [0.15, 0.2) is 0 Å². The molecule has 6 nitrogen and oxygen atoms in total. The summed E-state index contributed by atoms with van der Waals surface area (Å²) in [7, 11) is 0. The molecule has 0 atom stereocenters. The average molecular weight is 453 g/mol. The summed E-state index contributed by atoms with van der Waals surface area (Å²) in [5.74, 6) is 1.96. The van der Waals surface area contributed by atoms with Crippen LogP contribution in [0.25, 0.3) is 11.5 Å². The van der Waals surface area contributed by atoms with Crippen LogP contribution in [0.4, 0.5) is 0 Å². The van der Waals surface area contributed by atoms with Crippen LogP contribution in [-0.2, 0) is 11.3 Å². The SMILES string of the molecule is Cc1ccc(-c2nc(CN3CCC(C(=O)NCCCN4CCCCC4)CC3)c(C)o2)cc1C. The van der Waals surface area contributed by atoms with Gasteiger partial charge in [0.2, 0.25) is 11.8 Å². The highest BCUT2D eigenvalue weighted by atomic mass is 16.4. The van der Waals surface area contributed by atoms with E-state index in [1.807, 2.05) is 6.92 Å². The number of hydrogen-bond acceptors (Lipinski definition) is 5. The lowest BCUT2D eigenvalue weighted by Crippen LogP contribution is -2.41. The van der Waals surface area contributed by atoms with Gasteiger partial charge in [0.05, 0.1) is 5.69 Å². The highest BCUT2D eigenvalue weighted by molar-refractivity contribution is 5.78. The van der Waals surface area contributed by atoms with Gasteiger partial charge >= 0.3 is 0 Å². The monoisotopic (exact) mass is 452 g/mol. The zero-order valence-corrected chi connectivity index (χ0v) is 20.7. The van der Waals surface area contributed by atoms with Crippen LogP contribution in [-0.4, -0.2) is 60.0 Å². The van der Waals surface area contributed by atoms with Crippen molar-refractivity contribution in [1.29, 1.82) is 0 Å². The van der Waals surface area contributed by atoms with Crippen molar-refractivity contribution < 1.29 is 9.21 Å². The van der Waals surface area contributed by atoms with Crippen molar-refractivity contribution in [3.8, 4) is 11.5 Å². The Kier molecular flexibility index (Phi) is 8.20. The second-order valence-electron chi connectivity index (χ2n) is 9.92. The number of benzene rings is 1. The molecule has 2 saturated heterocycles. The van der Waals surface area contributed by atoms with Crippen LogP contribution in [0.1, 0.15) is 61.1 Å². The molecule has 0 saturated carbocycles. The Morgan fingerprint density at radius 3 is 2.52 bits per heavy atom. The second kappa shape index (κ2) is 11.3. The lowest BCUT2D eigenvalue weighted by molar-refractivity contribution is -0.126. The Labute approximate surface area is 198 Å². The van der Waals surface area contributed by atoms with E-state index in [4.69, 9.17) is 9.40 Å². The van der Waals surface area contributed by atoms with E-state index >= 15 is 0 Å². The molecule has 2 fully saturated rings. The summed E-state index contributed by atoms with van der Waals surface area (Å²) in [5.41, 5.74) is 4.56. The van der Waals surface area contributed by atoms with Gasteiger partial charge in [0.25, 0.3) is 0 Å². The smallest absolute Gasteiger partial charge is 0.226 e. The molecular formula is C27H40N4O2. The molecule has 1 aromatic heterocycles. The first kappa shape index (κ1) is 24.0. The van der Waals surface area contributed by atoms with Crippen molar-refractivity contribution in [3.63, 3.8) is 0 Å². The largest absolute Gasteiger partial charge is 0.441 e. The summed E-state index contributed by atoms with van der Waals surface area (Å²) < 4.78 is 5.99. The Hall–Kier alpha value is -2.18. The van der Waals surface area contributed by atoms with Gasteiger partial charge in [-0.3, -0.25) is 9.69 Å². The number of carbonyl (C=O) groups is 1. The number of nitrogens with zero attached hydrogens (tertiary/aromatic N) is 3. The molecule has 1 N–H and O–H groups in total. The molecule has 1 amide bonds. The molecule has 3 heterocycles. The van der Waals surface area contributed by atoms with E-state index < -0.39 is 0 Å². The number of aryl methyl sites for hydroxylation is 3. The van der Waals surface area contributed by atoms with Gasteiger partial charge in [0, 0.05) is 24.6 Å². The zero-order chi connectivity index (χ0) is 23.2. The standard InChI is InChI=1S/C27H40N4O2/c1-20-8-9-24(18-21(20)2)27-29-25(22(3)33-27)19-31-16-10-23(11-17-31)26(32)28-12-7-15-30-13-5-4-6-14-30/h8-9,18,23H,4-7,10-17,19H2,1-3H3,(H,28,32). The topological polar surface area (TPSA) is 61.6 Å². The molecule has 0 radical (unpaired) electrons. The zero-order valence-electron chi connectivity index (χ0n) is 20.7. The van der Waals surface area contributed by atoms with Crippen LogP contribution in [0.2, 0.25) is 0 Å². The Morgan fingerprint density at radius 2 is 1.79 bits per heavy atom. The molecule has 4 rings (SSSR count). The number of amides is 1. The number of nitrogens with one attached hydrogen (secondary N) is 1. The van der Waals surface area contributed by atoms with Crippen LogP contribution in [0.5, 0.6) is 0 Å². The number of rotatable bonds is 8. The van der Waals surface area contributed by atoms with Crippen molar-refractivity contribution in [2.75, 3.05) is 39.3 Å². The van der Waals surface area contributed by atoms with Crippen LogP contribution in [0.3, 0.4) is 0 Å². The van der Waals surface area contributed by atoms with Gasteiger partial charge < -0.3 is 14.6 Å². The third kappa shape index (κ3) is 6.45. The maximum absolute atomic E-state index is 12.6. The van der Waals surface area contributed by atoms with Crippen LogP contribution >= 0.6 is 0 Å². The molecule has 1 aromatic carbocycles. The summed E-state index contributed by atoms with van der Waals surface area (Å²) in [4.78, 5) is 22.3. The Balaban J connectivity index is 1.20. The third-order valence-corrected chi connectivity index (χ3v) is 7.38. The second-order valence-corrected chi connectivity index (χ2v) is 9.92. The number of oxazole rings is 1. The fourth-order valence-corrected chi connectivity index (χ4v) is 4.98. The Bertz CT molecular complexity index is 924. The molecule has 0 aliphatic carbocycles. The summed E-state index contributed by atoms with van der Waals surface area (Å²) in [6.07, 6.45) is 6.91. The minimum Gasteiger partial charge on any atom is -0.441 e. The molecule has 180 valence electrons. The number of aromatic nitrogens is 1. The lowest BCUT2D eigenvalue weighted by atomic mass is 9.95. The van der Waals surface area contributed by atoms with Gasteiger partial charge in [-0.2, -0.15) is 0 Å². The fraction of sp³-hybridized carbons (Fsp3) is 0.630. The molecule has 2 aliphatic rings. The van der Waals surface area contributed by atoms with E-state index in [2.05, 4.69) is 47.2 Å². The lowest BCUT2D eigenvalue weighted by Gasteiger charge is -2.31. The molecular weight excluding hydrogens is 412 g/mol. The van der Waals surface area contributed by atoms with Crippen LogP contribution < -0.4 is 5.32 Å². The molecule has 0 spiro atoms. The van der Waals surface area contributed by atoms with E-state index in [1.165, 1.54) is 43.5 Å². The fourth-order valence-electron chi connectivity index (χ4n) is 4.98. The molecule has 2 aromatic rings. The van der Waals surface area contributed by atoms with Crippen LogP contribution in [0.15, 0.2) is 22.6 Å². The van der Waals surface area contributed by atoms with Crippen molar-refractivity contribution in [2.45, 2.75) is 65.8 Å². The summed E-state index contributed by atoms with van der Waals surface area (Å²) in [5, 5.41) is 3.18. The average Bonchev–Trinajstić information content (AvgIpc) is 3.19. The van der Waals surface area contributed by atoms with Crippen molar-refractivity contribution >= 4 is 5.91 Å². The normalized spacial score (nSPS) is 18.5. The van der Waals surface area contributed by atoms with Gasteiger partial charge in [-0.25, -0.2) is 4.98 Å². The van der Waals surface area contributed by atoms with E-state index in [1.54, 1.807) is 0 Å². The van der Waals surface area contributed by atoms with Gasteiger partial charge in [0.1, 0.15) is 5.76 Å². The predicted molar refractivity (Wildman–Crippen MR) is 132 cm³/mol. The minimum absolute atomic E-state index is 0.140. The first-order valence-corrected chi connectivity index (χ1v) is 12.8. The third-order valence-electron chi connectivity index (χ3n) is 7.38. The highest BCUT2D eigenvalue weighted by Gasteiger charge is 2.26. The number of likely N-dealkylation sites (tertiary alicyclic amines) is 2. The molecule has 33 heavy (non-hydrogen) atoms. The van der Waals surface area contributed by atoms with Gasteiger partial charge in [-0.05, 0) is 109 Å². The predicted octanol–water partition coefficient (Wildman–Crippen LogP) is 4.47. The van der Waals surface area contributed by atoms with E-state index in [9.17, 15) is 4.79 Å². The summed E-state index contributed by atoms with van der Waals surface area (Å²) in [6.45, 7) is 13.2. The first-order chi connectivity index (χ1) is 16.0. The summed E-state index contributed by atoms with van der Waals surface area (Å²) >= 11 is 0. The first-order valence-electron chi connectivity index (χ1n) is 12.8. The van der Waals surface area contributed by atoms with Crippen molar-refractivity contribution in [2.24, 2.45) is 5.92 Å². The number of carbonyl (C=O) groups excluding carboxylic acids is 1. The molecule has 2 aliphatic heterocycles. The molecule has 6 heteroatoms. The van der Waals surface area contributed by atoms with Crippen molar-refractivity contribution in [1.82, 2.24) is 20.1 Å². The molecule has 0 unspecified atom stereocenters. The van der Waals surface area contributed by atoms with Crippen molar-refractivity contribution in [3.05, 3.63) is 40.8 Å². The maximum Gasteiger partial charge on any atom is 0.226 e. The van der Waals surface area contributed by atoms with Gasteiger partial charge in [-0.15, -0.1) is 0 Å². The van der Waals surface area contributed by atoms with E-state index in [0.717, 1.165) is 69.0 Å². The summed E-state index contributed by atoms with van der Waals surface area (Å²) in [6, 6.07) is 6.34. The van der Waals surface area contributed by atoms with Gasteiger partial charge in [-0.1, -0.05) is 12.5 Å². The van der Waals surface area contributed by atoms with E-state index in [0.29, 0.717) is 5.89 Å².